The van der Waals surface area contributed by atoms with Crippen molar-refractivity contribution in [2.45, 2.75) is 12.3 Å². The Morgan fingerprint density at radius 3 is 3.00 bits per heavy atom. The maximum Gasteiger partial charge on any atom is 0.253 e. The summed E-state index contributed by atoms with van der Waals surface area (Å²) in [6.45, 7) is 0.599. The predicted molar refractivity (Wildman–Crippen MR) is 44.2 cm³/mol. The molecule has 1 N–H and O–H groups in total. The molecule has 2 rings (SSSR count). The summed E-state index contributed by atoms with van der Waals surface area (Å²) in [5.74, 6) is -0.872. The Morgan fingerprint density at radius 2 is 2.36 bits per heavy atom. The average molecular weight is 201 g/mol. The molecule has 4 nitrogen and oxygen atoms in total. The normalized spacial score (nSPS) is 26.4. The number of nitrogens with zero attached hydrogens (tertiary/aromatic N) is 2. The molecule has 0 radical (unpaired) electrons. The van der Waals surface area contributed by atoms with E-state index < -0.39 is 18.1 Å². The summed E-state index contributed by atoms with van der Waals surface area (Å²) in [5, 5.41) is 2.80. The topological polar surface area (TPSA) is 47.0 Å². The number of aromatic nitrogens is 2. The van der Waals surface area contributed by atoms with Crippen LogP contribution in [0.2, 0.25) is 0 Å². The van der Waals surface area contributed by atoms with Gasteiger partial charge in [0.15, 0.2) is 6.17 Å². The lowest BCUT2D eigenvalue weighted by Gasteiger charge is -2.13. The van der Waals surface area contributed by atoms with Crippen LogP contribution in [0, 0.1) is 5.82 Å². The van der Waals surface area contributed by atoms with Crippen molar-refractivity contribution in [3.8, 4) is 5.88 Å². The molecule has 1 aromatic rings. The van der Waals surface area contributed by atoms with Gasteiger partial charge in [-0.05, 0) is 0 Å². The molecule has 2 heterocycles. The molecule has 1 saturated heterocycles. The zero-order valence-corrected chi connectivity index (χ0v) is 7.28. The Labute approximate surface area is 79.3 Å². The first-order chi connectivity index (χ1) is 6.77. The lowest BCUT2D eigenvalue weighted by atomic mass is 10.3. The summed E-state index contributed by atoms with van der Waals surface area (Å²) in [5.41, 5.74) is 0. The molecule has 2 unspecified atom stereocenters. The number of alkyl halides is 1. The van der Waals surface area contributed by atoms with Crippen molar-refractivity contribution in [2.24, 2.45) is 0 Å². The summed E-state index contributed by atoms with van der Waals surface area (Å²) in [6.07, 6.45) is 0.357. The Bertz CT molecular complexity index is 323. The number of ether oxygens (including phenoxy) is 1. The largest absolute Gasteiger partial charge is 0.468 e. The lowest BCUT2D eigenvalue weighted by molar-refractivity contribution is 0.128. The van der Waals surface area contributed by atoms with Crippen molar-refractivity contribution in [3.05, 3.63) is 18.3 Å². The Kier molecular flexibility index (Phi) is 2.53. The van der Waals surface area contributed by atoms with E-state index >= 15 is 0 Å². The first-order valence-corrected chi connectivity index (χ1v) is 4.24. The van der Waals surface area contributed by atoms with E-state index in [4.69, 9.17) is 4.74 Å². The summed E-state index contributed by atoms with van der Waals surface area (Å²) < 4.78 is 31.1. The van der Waals surface area contributed by atoms with Crippen molar-refractivity contribution in [3.63, 3.8) is 0 Å². The van der Waals surface area contributed by atoms with Gasteiger partial charge in [0.1, 0.15) is 12.4 Å². The van der Waals surface area contributed by atoms with Gasteiger partial charge in [-0.3, -0.25) is 0 Å². The van der Waals surface area contributed by atoms with Crippen LogP contribution in [0.15, 0.2) is 12.5 Å². The summed E-state index contributed by atoms with van der Waals surface area (Å²) in [6, 6.07) is 0. The molecule has 0 spiro atoms. The second-order valence-electron chi connectivity index (χ2n) is 3.01. The Hall–Kier alpha value is -1.30. The smallest absolute Gasteiger partial charge is 0.253 e. The van der Waals surface area contributed by atoms with E-state index in [-0.39, 0.29) is 12.4 Å². The molecular formula is C8H9F2N3O. The maximum absolute atomic E-state index is 13.1. The number of halogens is 2. The Morgan fingerprint density at radius 1 is 1.50 bits per heavy atom. The van der Waals surface area contributed by atoms with Crippen LogP contribution in [0.1, 0.15) is 0 Å². The molecule has 1 aliphatic rings. The van der Waals surface area contributed by atoms with Crippen LogP contribution in [-0.4, -0.2) is 35.3 Å². The van der Waals surface area contributed by atoms with Gasteiger partial charge in [-0.25, -0.2) is 9.37 Å². The molecule has 76 valence electrons. The van der Waals surface area contributed by atoms with Gasteiger partial charge < -0.3 is 10.1 Å². The van der Waals surface area contributed by atoms with E-state index in [0.29, 0.717) is 6.54 Å². The first-order valence-electron chi connectivity index (χ1n) is 4.24. The highest BCUT2D eigenvalue weighted by Crippen LogP contribution is 2.16. The third-order valence-corrected chi connectivity index (χ3v) is 1.99. The number of nitrogens with one attached hydrogen (secondary N) is 1. The predicted octanol–water partition coefficient (Wildman–Crippen LogP) is 0.304. The third-order valence-electron chi connectivity index (χ3n) is 1.99. The van der Waals surface area contributed by atoms with Gasteiger partial charge in [-0.1, -0.05) is 0 Å². The molecule has 1 aliphatic heterocycles. The van der Waals surface area contributed by atoms with E-state index in [0.717, 1.165) is 12.5 Å². The summed E-state index contributed by atoms with van der Waals surface area (Å²) >= 11 is 0. The zero-order valence-electron chi connectivity index (χ0n) is 7.28. The van der Waals surface area contributed by atoms with Gasteiger partial charge in [0, 0.05) is 13.1 Å². The van der Waals surface area contributed by atoms with Gasteiger partial charge in [0.2, 0.25) is 5.82 Å². The quantitative estimate of drug-likeness (QED) is 0.747. The summed E-state index contributed by atoms with van der Waals surface area (Å²) in [4.78, 5) is 7.04. The minimum Gasteiger partial charge on any atom is -0.468 e. The van der Waals surface area contributed by atoms with Gasteiger partial charge in [0.05, 0.1) is 6.20 Å². The van der Waals surface area contributed by atoms with Crippen molar-refractivity contribution in [1.29, 1.82) is 0 Å². The van der Waals surface area contributed by atoms with Crippen molar-refractivity contribution in [2.75, 3.05) is 13.1 Å². The minimum atomic E-state index is -1.12. The average Bonchev–Trinajstić information content (AvgIpc) is 2.56. The minimum absolute atomic E-state index is 0.198. The molecule has 0 aliphatic carbocycles. The monoisotopic (exact) mass is 201 g/mol. The lowest BCUT2D eigenvalue weighted by Crippen LogP contribution is -2.27. The fourth-order valence-corrected chi connectivity index (χ4v) is 1.27. The van der Waals surface area contributed by atoms with Crippen molar-refractivity contribution < 1.29 is 13.5 Å². The SMILES string of the molecule is Fc1cncnc1OC1CNCC1F. The maximum atomic E-state index is 13.1. The number of hydrogen-bond donors (Lipinski definition) is 1. The highest BCUT2D eigenvalue weighted by molar-refractivity contribution is 5.09. The van der Waals surface area contributed by atoms with Gasteiger partial charge in [0.25, 0.3) is 5.88 Å². The van der Waals surface area contributed by atoms with Crippen molar-refractivity contribution >= 4 is 0 Å². The molecule has 6 heteroatoms. The van der Waals surface area contributed by atoms with Crippen LogP contribution >= 0.6 is 0 Å². The zero-order chi connectivity index (χ0) is 9.97. The van der Waals surface area contributed by atoms with Crippen molar-refractivity contribution in [1.82, 2.24) is 15.3 Å². The summed E-state index contributed by atoms with van der Waals surface area (Å²) in [7, 11) is 0. The molecule has 2 atom stereocenters. The van der Waals surface area contributed by atoms with E-state index in [1.54, 1.807) is 0 Å². The number of hydrogen-bond acceptors (Lipinski definition) is 4. The highest BCUT2D eigenvalue weighted by atomic mass is 19.1. The van der Waals surface area contributed by atoms with Gasteiger partial charge in [-0.2, -0.15) is 9.37 Å². The van der Waals surface area contributed by atoms with Crippen LogP contribution in [0.25, 0.3) is 0 Å². The molecular weight excluding hydrogens is 192 g/mol. The van der Waals surface area contributed by atoms with Crippen LogP contribution in [0.4, 0.5) is 8.78 Å². The Balaban J connectivity index is 2.07. The highest BCUT2D eigenvalue weighted by Gasteiger charge is 2.29. The van der Waals surface area contributed by atoms with Crippen LogP contribution < -0.4 is 10.1 Å². The molecule has 0 saturated carbocycles. The van der Waals surface area contributed by atoms with Crippen LogP contribution in [0.3, 0.4) is 0 Å². The van der Waals surface area contributed by atoms with Crippen LogP contribution in [0.5, 0.6) is 5.88 Å². The standard InChI is InChI=1S/C8H9F2N3O/c9-5-1-11-3-7(5)14-8-6(10)2-12-4-13-8/h2,4-5,7,11H,1,3H2. The fourth-order valence-electron chi connectivity index (χ4n) is 1.27. The molecule has 0 aromatic carbocycles. The van der Waals surface area contributed by atoms with E-state index in [2.05, 4.69) is 15.3 Å². The second-order valence-corrected chi connectivity index (χ2v) is 3.01. The van der Waals surface area contributed by atoms with Gasteiger partial charge in [-0.15, -0.1) is 0 Å². The first kappa shape index (κ1) is 9.26. The molecule has 0 bridgehead atoms. The van der Waals surface area contributed by atoms with E-state index in [1.807, 2.05) is 0 Å². The molecule has 14 heavy (non-hydrogen) atoms. The molecule has 1 aromatic heterocycles. The van der Waals surface area contributed by atoms with Crippen LogP contribution in [-0.2, 0) is 0 Å². The molecule has 1 fully saturated rings. The molecule has 0 amide bonds. The third kappa shape index (κ3) is 1.79. The van der Waals surface area contributed by atoms with E-state index in [9.17, 15) is 8.78 Å². The second kappa shape index (κ2) is 3.83. The van der Waals surface area contributed by atoms with E-state index in [1.165, 1.54) is 0 Å². The van der Waals surface area contributed by atoms with Gasteiger partial charge >= 0.3 is 0 Å². The fraction of sp³-hybridized carbons (Fsp3) is 0.500. The number of rotatable bonds is 2.